The Morgan fingerprint density at radius 3 is 2.35 bits per heavy atom. The zero-order valence-corrected chi connectivity index (χ0v) is 12.7. The predicted molar refractivity (Wildman–Crippen MR) is 81.9 cm³/mol. The van der Waals surface area contributed by atoms with Crippen molar-refractivity contribution in [1.29, 1.82) is 0 Å². The Balaban J connectivity index is 2.29. The fourth-order valence-corrected chi connectivity index (χ4v) is 1.97. The van der Waals surface area contributed by atoms with Crippen LogP contribution in [-0.4, -0.2) is 34.3 Å². The van der Waals surface area contributed by atoms with E-state index >= 15 is 0 Å². The van der Waals surface area contributed by atoms with Gasteiger partial charge >= 0.3 is 18.0 Å². The van der Waals surface area contributed by atoms with Crippen LogP contribution in [0.2, 0.25) is 0 Å². The van der Waals surface area contributed by atoms with Crippen LogP contribution in [0.3, 0.4) is 0 Å². The van der Waals surface area contributed by atoms with Gasteiger partial charge in [-0.3, -0.25) is 4.79 Å². The van der Waals surface area contributed by atoms with Gasteiger partial charge in [-0.25, -0.2) is 9.59 Å². The Morgan fingerprint density at radius 2 is 1.74 bits per heavy atom. The Bertz CT molecular complexity index is 517. The average Bonchev–Trinajstić information content (AvgIpc) is 2.52. The van der Waals surface area contributed by atoms with Crippen LogP contribution in [0.1, 0.15) is 37.7 Å². The SMILES string of the molecule is O=C(O)CCCCCC(NC(=O)OCc1ccccc1)C(=O)O. The van der Waals surface area contributed by atoms with Crippen molar-refractivity contribution >= 4 is 18.0 Å². The fraction of sp³-hybridized carbons (Fsp3) is 0.438. The van der Waals surface area contributed by atoms with E-state index in [2.05, 4.69) is 5.32 Å². The highest BCUT2D eigenvalue weighted by Crippen LogP contribution is 2.07. The summed E-state index contributed by atoms with van der Waals surface area (Å²) < 4.78 is 4.98. The van der Waals surface area contributed by atoms with Crippen molar-refractivity contribution in [2.75, 3.05) is 0 Å². The van der Waals surface area contributed by atoms with E-state index in [9.17, 15) is 14.4 Å². The minimum Gasteiger partial charge on any atom is -0.481 e. The molecule has 7 nitrogen and oxygen atoms in total. The molecule has 1 rings (SSSR count). The van der Waals surface area contributed by atoms with Crippen LogP contribution in [0.15, 0.2) is 30.3 Å². The van der Waals surface area contributed by atoms with E-state index < -0.39 is 24.1 Å². The van der Waals surface area contributed by atoms with Gasteiger partial charge in [0.1, 0.15) is 12.6 Å². The molecule has 1 unspecified atom stereocenters. The summed E-state index contributed by atoms with van der Waals surface area (Å²) in [6, 6.07) is 8.02. The standard InChI is InChI=1S/C16H21NO6/c18-14(19)10-6-2-5-9-13(15(20)21)17-16(22)23-11-12-7-3-1-4-8-12/h1,3-4,7-8,13H,2,5-6,9-11H2,(H,17,22)(H,18,19)(H,20,21). The molecule has 1 atom stereocenters. The summed E-state index contributed by atoms with van der Waals surface area (Å²) in [5.41, 5.74) is 0.809. The molecule has 0 aliphatic carbocycles. The smallest absolute Gasteiger partial charge is 0.408 e. The molecule has 0 spiro atoms. The molecule has 0 aromatic heterocycles. The number of carboxylic acid groups (broad SMARTS) is 2. The molecule has 7 heteroatoms. The van der Waals surface area contributed by atoms with Crippen molar-refractivity contribution in [1.82, 2.24) is 5.32 Å². The number of carbonyl (C=O) groups is 3. The Hall–Kier alpha value is -2.57. The van der Waals surface area contributed by atoms with E-state index in [1.54, 1.807) is 12.1 Å². The van der Waals surface area contributed by atoms with Crippen molar-refractivity contribution in [2.24, 2.45) is 0 Å². The largest absolute Gasteiger partial charge is 0.481 e. The zero-order valence-electron chi connectivity index (χ0n) is 12.7. The van der Waals surface area contributed by atoms with Gasteiger partial charge < -0.3 is 20.3 Å². The van der Waals surface area contributed by atoms with Crippen molar-refractivity contribution in [3.63, 3.8) is 0 Å². The van der Waals surface area contributed by atoms with Crippen LogP contribution in [0, 0.1) is 0 Å². The van der Waals surface area contributed by atoms with E-state index in [0.29, 0.717) is 19.3 Å². The van der Waals surface area contributed by atoms with Gasteiger partial charge in [-0.1, -0.05) is 43.2 Å². The van der Waals surface area contributed by atoms with Gasteiger partial charge in [-0.15, -0.1) is 0 Å². The van der Waals surface area contributed by atoms with E-state index in [1.165, 1.54) is 0 Å². The first kappa shape index (κ1) is 18.5. The molecule has 23 heavy (non-hydrogen) atoms. The number of benzene rings is 1. The number of amides is 1. The number of carbonyl (C=O) groups excluding carboxylic acids is 1. The van der Waals surface area contributed by atoms with E-state index in [-0.39, 0.29) is 19.4 Å². The van der Waals surface area contributed by atoms with Crippen molar-refractivity contribution < 1.29 is 29.3 Å². The quantitative estimate of drug-likeness (QED) is 0.570. The van der Waals surface area contributed by atoms with Crippen molar-refractivity contribution in [2.45, 2.75) is 44.8 Å². The molecular weight excluding hydrogens is 302 g/mol. The van der Waals surface area contributed by atoms with E-state index in [0.717, 1.165) is 5.56 Å². The molecule has 0 fully saturated rings. The molecular formula is C16H21NO6. The normalized spacial score (nSPS) is 11.5. The first-order valence-corrected chi connectivity index (χ1v) is 7.41. The van der Waals surface area contributed by atoms with Gasteiger partial charge in [0.2, 0.25) is 0 Å². The number of alkyl carbamates (subject to hydrolysis) is 1. The summed E-state index contributed by atoms with van der Waals surface area (Å²) in [5, 5.41) is 19.9. The summed E-state index contributed by atoms with van der Waals surface area (Å²) in [6.45, 7) is 0.0671. The van der Waals surface area contributed by atoms with Gasteiger partial charge in [0, 0.05) is 6.42 Å². The first-order chi connectivity index (χ1) is 11.0. The van der Waals surface area contributed by atoms with Gasteiger partial charge in [0.25, 0.3) is 0 Å². The summed E-state index contributed by atoms with van der Waals surface area (Å²) in [6.07, 6.45) is 1.10. The number of nitrogens with one attached hydrogen (secondary N) is 1. The van der Waals surface area contributed by atoms with Crippen LogP contribution in [-0.2, 0) is 20.9 Å². The third-order valence-corrected chi connectivity index (χ3v) is 3.19. The summed E-state index contributed by atoms with van der Waals surface area (Å²) in [7, 11) is 0. The maximum atomic E-state index is 11.6. The minimum absolute atomic E-state index is 0.0598. The van der Waals surface area contributed by atoms with Gasteiger partial charge in [0.05, 0.1) is 0 Å². The van der Waals surface area contributed by atoms with Crippen LogP contribution in [0.25, 0.3) is 0 Å². The summed E-state index contributed by atoms with van der Waals surface area (Å²) in [5.74, 6) is -2.01. The lowest BCUT2D eigenvalue weighted by atomic mass is 10.1. The average molecular weight is 323 g/mol. The lowest BCUT2D eigenvalue weighted by Crippen LogP contribution is -2.41. The molecule has 0 saturated carbocycles. The predicted octanol–water partition coefficient (Wildman–Crippen LogP) is 2.40. The number of unbranched alkanes of at least 4 members (excludes halogenated alkanes) is 2. The van der Waals surface area contributed by atoms with Crippen LogP contribution >= 0.6 is 0 Å². The maximum absolute atomic E-state index is 11.6. The van der Waals surface area contributed by atoms with Crippen LogP contribution < -0.4 is 5.32 Å². The number of aliphatic carboxylic acids is 2. The molecule has 0 saturated heterocycles. The van der Waals surface area contributed by atoms with Crippen LogP contribution in [0.4, 0.5) is 4.79 Å². The third-order valence-electron chi connectivity index (χ3n) is 3.19. The minimum atomic E-state index is -1.14. The van der Waals surface area contributed by atoms with E-state index in [4.69, 9.17) is 14.9 Å². The fourth-order valence-electron chi connectivity index (χ4n) is 1.97. The molecule has 0 aliphatic heterocycles. The Morgan fingerprint density at radius 1 is 1.04 bits per heavy atom. The lowest BCUT2D eigenvalue weighted by Gasteiger charge is -2.14. The van der Waals surface area contributed by atoms with Crippen LogP contribution in [0.5, 0.6) is 0 Å². The topological polar surface area (TPSA) is 113 Å². The molecule has 0 heterocycles. The monoisotopic (exact) mass is 323 g/mol. The first-order valence-electron chi connectivity index (χ1n) is 7.41. The number of hydrogen-bond donors (Lipinski definition) is 3. The molecule has 1 amide bonds. The Labute approximate surface area is 134 Å². The van der Waals surface area contributed by atoms with Crippen molar-refractivity contribution in [3.05, 3.63) is 35.9 Å². The number of rotatable bonds is 10. The summed E-state index contributed by atoms with van der Waals surface area (Å²) >= 11 is 0. The van der Waals surface area contributed by atoms with Gasteiger partial charge in [0.15, 0.2) is 0 Å². The van der Waals surface area contributed by atoms with Gasteiger partial charge in [-0.2, -0.15) is 0 Å². The van der Waals surface area contributed by atoms with Gasteiger partial charge in [-0.05, 0) is 18.4 Å². The second-order valence-corrected chi connectivity index (χ2v) is 5.09. The van der Waals surface area contributed by atoms with Crippen molar-refractivity contribution in [3.8, 4) is 0 Å². The summed E-state index contributed by atoms with van der Waals surface area (Å²) in [4.78, 5) is 33.1. The zero-order chi connectivity index (χ0) is 17.1. The molecule has 1 aromatic carbocycles. The lowest BCUT2D eigenvalue weighted by molar-refractivity contribution is -0.140. The molecule has 0 radical (unpaired) electrons. The highest BCUT2D eigenvalue weighted by Gasteiger charge is 2.20. The Kier molecular flexibility index (Phi) is 8.20. The molecule has 0 bridgehead atoms. The van der Waals surface area contributed by atoms with E-state index in [1.807, 2.05) is 18.2 Å². The molecule has 0 aliphatic rings. The second kappa shape index (κ2) is 10.2. The second-order valence-electron chi connectivity index (χ2n) is 5.09. The number of ether oxygens (including phenoxy) is 1. The third kappa shape index (κ3) is 8.45. The molecule has 126 valence electrons. The highest BCUT2D eigenvalue weighted by atomic mass is 16.5. The number of hydrogen-bond acceptors (Lipinski definition) is 4. The molecule has 3 N–H and O–H groups in total. The number of carboxylic acids is 2. The maximum Gasteiger partial charge on any atom is 0.408 e. The molecule has 1 aromatic rings. The highest BCUT2D eigenvalue weighted by molar-refractivity contribution is 5.79.